The van der Waals surface area contributed by atoms with Crippen LogP contribution < -0.4 is 0 Å². The second-order valence-electron chi connectivity index (χ2n) is 5.50. The topological polar surface area (TPSA) is 107 Å². The Hall–Kier alpha value is -3.22. The van der Waals surface area contributed by atoms with Crippen LogP contribution in [0.2, 0.25) is 0 Å². The molecular weight excluding hydrogens is 326 g/mol. The lowest BCUT2D eigenvalue weighted by molar-refractivity contribution is -0.385. The predicted octanol–water partition coefficient (Wildman–Crippen LogP) is 3.64. The Labute approximate surface area is 144 Å². The highest BCUT2D eigenvalue weighted by Gasteiger charge is 2.27. The Morgan fingerprint density at radius 2 is 1.84 bits per heavy atom. The van der Waals surface area contributed by atoms with Crippen molar-refractivity contribution in [2.75, 3.05) is 6.61 Å². The van der Waals surface area contributed by atoms with Crippen LogP contribution in [0.5, 0.6) is 0 Å². The molecular formula is C18H17NO6. The number of hydrogen-bond donors (Lipinski definition) is 1. The standard InChI is InChI=1S/C18H17NO6/c1-12(13-6-3-2-4-7-13)10-11-25-18(22)14-8-5-9-15(19(23)24)16(14)17(20)21/h2-9,12H,10-11H2,1H3,(H,20,21)/t12-/m0/s1. The summed E-state index contributed by atoms with van der Waals surface area (Å²) in [5.41, 5.74) is -0.526. The third kappa shape index (κ3) is 4.41. The Balaban J connectivity index is 2.07. The Morgan fingerprint density at radius 1 is 1.16 bits per heavy atom. The molecule has 7 nitrogen and oxygen atoms in total. The maximum Gasteiger partial charge on any atom is 0.343 e. The van der Waals surface area contributed by atoms with Gasteiger partial charge in [0.1, 0.15) is 0 Å². The third-order valence-electron chi connectivity index (χ3n) is 3.83. The van der Waals surface area contributed by atoms with Gasteiger partial charge in [-0.25, -0.2) is 9.59 Å². The monoisotopic (exact) mass is 343 g/mol. The van der Waals surface area contributed by atoms with Gasteiger partial charge in [0, 0.05) is 6.07 Å². The molecule has 0 aromatic heterocycles. The molecule has 0 saturated heterocycles. The van der Waals surface area contributed by atoms with Gasteiger partial charge in [-0.3, -0.25) is 10.1 Å². The molecule has 0 aliphatic heterocycles. The summed E-state index contributed by atoms with van der Waals surface area (Å²) >= 11 is 0. The van der Waals surface area contributed by atoms with E-state index in [1.807, 2.05) is 37.3 Å². The summed E-state index contributed by atoms with van der Waals surface area (Å²) in [5, 5.41) is 20.1. The van der Waals surface area contributed by atoms with Gasteiger partial charge in [-0.15, -0.1) is 0 Å². The molecule has 2 rings (SSSR count). The maximum atomic E-state index is 12.2. The summed E-state index contributed by atoms with van der Waals surface area (Å²) in [6, 6.07) is 13.2. The van der Waals surface area contributed by atoms with Crippen molar-refractivity contribution in [1.82, 2.24) is 0 Å². The van der Waals surface area contributed by atoms with Crippen molar-refractivity contribution in [2.24, 2.45) is 0 Å². The van der Waals surface area contributed by atoms with E-state index in [1.165, 1.54) is 12.1 Å². The minimum Gasteiger partial charge on any atom is -0.477 e. The smallest absolute Gasteiger partial charge is 0.343 e. The van der Waals surface area contributed by atoms with Crippen LogP contribution in [0.3, 0.4) is 0 Å². The first-order valence-corrected chi connectivity index (χ1v) is 7.64. The number of carboxylic acid groups (broad SMARTS) is 1. The summed E-state index contributed by atoms with van der Waals surface area (Å²) < 4.78 is 5.12. The van der Waals surface area contributed by atoms with E-state index < -0.39 is 28.1 Å². The van der Waals surface area contributed by atoms with Gasteiger partial charge >= 0.3 is 11.9 Å². The predicted molar refractivity (Wildman–Crippen MR) is 89.8 cm³/mol. The number of esters is 1. The highest BCUT2D eigenvalue weighted by atomic mass is 16.6. The molecule has 0 radical (unpaired) electrons. The summed E-state index contributed by atoms with van der Waals surface area (Å²) in [7, 11) is 0. The molecule has 1 N–H and O–H groups in total. The SMILES string of the molecule is C[C@@H](CCOC(=O)c1cccc([N+](=O)[O-])c1C(=O)O)c1ccccc1. The first-order valence-electron chi connectivity index (χ1n) is 7.64. The Morgan fingerprint density at radius 3 is 2.44 bits per heavy atom. The Kier molecular flexibility index (Phi) is 5.84. The van der Waals surface area contributed by atoms with Gasteiger partial charge in [0.2, 0.25) is 0 Å². The van der Waals surface area contributed by atoms with E-state index >= 15 is 0 Å². The number of nitrogens with zero attached hydrogens (tertiary/aromatic N) is 1. The number of carboxylic acids is 1. The first-order chi connectivity index (χ1) is 11.9. The molecule has 25 heavy (non-hydrogen) atoms. The molecule has 0 saturated carbocycles. The summed E-state index contributed by atoms with van der Waals surface area (Å²) in [5.74, 6) is -2.28. The zero-order chi connectivity index (χ0) is 18.4. The number of carbonyl (C=O) groups is 2. The molecule has 0 aliphatic rings. The number of rotatable bonds is 7. The van der Waals surface area contributed by atoms with Gasteiger partial charge < -0.3 is 9.84 Å². The molecule has 0 spiro atoms. The Bertz CT molecular complexity index is 787. The van der Waals surface area contributed by atoms with Crippen molar-refractivity contribution in [3.63, 3.8) is 0 Å². The molecule has 0 aliphatic carbocycles. The average molecular weight is 343 g/mol. The van der Waals surface area contributed by atoms with E-state index in [2.05, 4.69) is 0 Å². The van der Waals surface area contributed by atoms with Crippen LogP contribution >= 0.6 is 0 Å². The van der Waals surface area contributed by atoms with Gasteiger partial charge in [0.25, 0.3) is 5.69 Å². The number of hydrogen-bond acceptors (Lipinski definition) is 5. The molecule has 0 heterocycles. The van der Waals surface area contributed by atoms with Crippen molar-refractivity contribution < 1.29 is 24.4 Å². The molecule has 0 amide bonds. The van der Waals surface area contributed by atoms with Crippen LogP contribution in [0.15, 0.2) is 48.5 Å². The lowest BCUT2D eigenvalue weighted by Crippen LogP contribution is -2.15. The van der Waals surface area contributed by atoms with Crippen molar-refractivity contribution in [3.05, 3.63) is 75.3 Å². The van der Waals surface area contributed by atoms with E-state index in [-0.39, 0.29) is 18.1 Å². The first kappa shape index (κ1) is 18.1. The minimum atomic E-state index is -1.54. The van der Waals surface area contributed by atoms with Crippen LogP contribution in [0.1, 0.15) is 45.5 Å². The second kappa shape index (κ2) is 8.05. The molecule has 130 valence electrons. The van der Waals surface area contributed by atoms with E-state index in [0.717, 1.165) is 11.6 Å². The van der Waals surface area contributed by atoms with Crippen molar-refractivity contribution in [1.29, 1.82) is 0 Å². The van der Waals surface area contributed by atoms with Gasteiger partial charge in [-0.2, -0.15) is 0 Å². The third-order valence-corrected chi connectivity index (χ3v) is 3.83. The highest BCUT2D eigenvalue weighted by molar-refractivity contribution is 6.05. The molecule has 2 aromatic rings. The largest absolute Gasteiger partial charge is 0.477 e. The fourth-order valence-electron chi connectivity index (χ4n) is 2.44. The van der Waals surface area contributed by atoms with Crippen LogP contribution in [0.25, 0.3) is 0 Å². The number of nitro benzene ring substituents is 1. The average Bonchev–Trinajstić information content (AvgIpc) is 2.61. The van der Waals surface area contributed by atoms with Gasteiger partial charge in [-0.1, -0.05) is 43.3 Å². The van der Waals surface area contributed by atoms with Gasteiger partial charge in [0.05, 0.1) is 17.1 Å². The number of nitro groups is 1. The normalized spacial score (nSPS) is 11.6. The molecule has 2 aromatic carbocycles. The number of benzene rings is 2. The maximum absolute atomic E-state index is 12.2. The van der Waals surface area contributed by atoms with E-state index in [9.17, 15) is 24.8 Å². The summed E-state index contributed by atoms with van der Waals surface area (Å²) in [6.07, 6.45) is 0.549. The molecule has 0 fully saturated rings. The number of carbonyl (C=O) groups excluding carboxylic acids is 1. The van der Waals surface area contributed by atoms with Crippen molar-refractivity contribution >= 4 is 17.6 Å². The molecule has 0 bridgehead atoms. The summed E-state index contributed by atoms with van der Waals surface area (Å²) in [6.45, 7) is 2.07. The zero-order valence-corrected chi connectivity index (χ0v) is 13.5. The van der Waals surface area contributed by atoms with Crippen molar-refractivity contribution in [3.8, 4) is 0 Å². The van der Waals surface area contributed by atoms with Crippen LogP contribution in [0.4, 0.5) is 5.69 Å². The van der Waals surface area contributed by atoms with Gasteiger partial charge in [-0.05, 0) is 24.0 Å². The van der Waals surface area contributed by atoms with Crippen LogP contribution in [-0.2, 0) is 4.74 Å². The lowest BCUT2D eigenvalue weighted by Gasteiger charge is -2.12. The van der Waals surface area contributed by atoms with Gasteiger partial charge in [0.15, 0.2) is 5.56 Å². The van der Waals surface area contributed by atoms with E-state index in [1.54, 1.807) is 0 Å². The molecule has 7 heteroatoms. The van der Waals surface area contributed by atoms with E-state index in [4.69, 9.17) is 4.74 Å². The minimum absolute atomic E-state index is 0.0800. The molecule has 0 unspecified atom stereocenters. The fraction of sp³-hybridized carbons (Fsp3) is 0.222. The quantitative estimate of drug-likeness (QED) is 0.467. The summed E-state index contributed by atoms with van der Waals surface area (Å²) in [4.78, 5) is 33.6. The number of ether oxygens (including phenoxy) is 1. The van der Waals surface area contributed by atoms with Crippen LogP contribution in [0, 0.1) is 10.1 Å². The van der Waals surface area contributed by atoms with Crippen LogP contribution in [-0.4, -0.2) is 28.6 Å². The van der Waals surface area contributed by atoms with Crippen molar-refractivity contribution in [2.45, 2.75) is 19.3 Å². The number of aromatic carboxylic acids is 1. The zero-order valence-electron chi connectivity index (χ0n) is 13.5. The lowest BCUT2D eigenvalue weighted by atomic mass is 9.98. The molecule has 1 atom stereocenters. The van der Waals surface area contributed by atoms with E-state index in [0.29, 0.717) is 6.42 Å². The fourth-order valence-corrected chi connectivity index (χ4v) is 2.44. The second-order valence-corrected chi connectivity index (χ2v) is 5.50. The highest BCUT2D eigenvalue weighted by Crippen LogP contribution is 2.24.